The van der Waals surface area contributed by atoms with Crippen molar-refractivity contribution in [3.05, 3.63) is 28.3 Å². The van der Waals surface area contributed by atoms with Crippen molar-refractivity contribution in [1.29, 1.82) is 0 Å². The lowest BCUT2D eigenvalue weighted by atomic mass is 10.1. The predicted molar refractivity (Wildman–Crippen MR) is 61.9 cm³/mol. The number of nitrogens with zero attached hydrogens (tertiary/aromatic N) is 1. The van der Waals surface area contributed by atoms with Crippen molar-refractivity contribution in [2.24, 2.45) is 0 Å². The van der Waals surface area contributed by atoms with Gasteiger partial charge in [0.2, 0.25) is 5.91 Å². The lowest BCUT2D eigenvalue weighted by molar-refractivity contribution is -0.117. The Morgan fingerprint density at radius 2 is 2.06 bits per heavy atom. The molecule has 0 aromatic heterocycles. The predicted octanol–water partition coefficient (Wildman–Crippen LogP) is 1.35. The summed E-state index contributed by atoms with van der Waals surface area (Å²) in [5.41, 5.74) is 1.88. The first-order chi connectivity index (χ1) is 7.50. The summed E-state index contributed by atoms with van der Waals surface area (Å²) < 4.78 is 0. The van der Waals surface area contributed by atoms with Crippen molar-refractivity contribution >= 4 is 29.1 Å². The first-order valence-corrected chi connectivity index (χ1v) is 5.23. The number of fused-ring (bicyclic) bond motifs is 1. The van der Waals surface area contributed by atoms with Crippen LogP contribution in [0.1, 0.15) is 15.9 Å². The Labute approximate surface area is 98.2 Å². The fraction of sp³-hybridized carbons (Fsp3) is 0.273. The van der Waals surface area contributed by atoms with E-state index in [-0.39, 0.29) is 18.4 Å². The number of halogens is 1. The maximum Gasteiger partial charge on any atom is 0.253 e. The third kappa shape index (κ3) is 1.65. The molecule has 1 aliphatic heterocycles. The number of likely N-dealkylation sites (N-methyl/N-ethyl adjacent to an activating group) is 1. The third-order valence-electron chi connectivity index (χ3n) is 2.66. The molecule has 2 rings (SSSR count). The number of aryl methyl sites for hydroxylation is 1. The van der Waals surface area contributed by atoms with Gasteiger partial charge in [0.05, 0.1) is 17.8 Å². The van der Waals surface area contributed by atoms with Crippen LogP contribution in [0.25, 0.3) is 0 Å². The van der Waals surface area contributed by atoms with Crippen LogP contribution in [0, 0.1) is 6.92 Å². The van der Waals surface area contributed by atoms with Gasteiger partial charge in [0.1, 0.15) is 0 Å². The van der Waals surface area contributed by atoms with E-state index < -0.39 is 0 Å². The summed E-state index contributed by atoms with van der Waals surface area (Å²) in [6.07, 6.45) is 0. The summed E-state index contributed by atoms with van der Waals surface area (Å²) in [4.78, 5) is 24.8. The van der Waals surface area contributed by atoms with Crippen LogP contribution < -0.4 is 10.2 Å². The number of benzene rings is 1. The van der Waals surface area contributed by atoms with Crippen molar-refractivity contribution < 1.29 is 9.59 Å². The molecule has 0 unspecified atom stereocenters. The largest absolute Gasteiger partial charge is 0.343 e. The van der Waals surface area contributed by atoms with Crippen LogP contribution in [0.3, 0.4) is 0 Å². The molecule has 1 aliphatic rings. The Bertz CT molecular complexity index is 485. The number of amides is 2. The van der Waals surface area contributed by atoms with Crippen LogP contribution in [0.2, 0.25) is 5.02 Å². The van der Waals surface area contributed by atoms with Gasteiger partial charge in [-0.05, 0) is 24.6 Å². The molecule has 84 valence electrons. The quantitative estimate of drug-likeness (QED) is 0.742. The summed E-state index contributed by atoms with van der Waals surface area (Å²) >= 11 is 5.96. The van der Waals surface area contributed by atoms with Gasteiger partial charge in [0.25, 0.3) is 5.91 Å². The maximum atomic E-state index is 11.7. The molecule has 0 saturated heterocycles. The Balaban J connectivity index is 2.65. The topological polar surface area (TPSA) is 49.4 Å². The van der Waals surface area contributed by atoms with Gasteiger partial charge in [-0.1, -0.05) is 11.6 Å². The minimum absolute atomic E-state index is 0.0146. The molecule has 0 aliphatic carbocycles. The van der Waals surface area contributed by atoms with Crippen molar-refractivity contribution in [1.82, 2.24) is 5.32 Å². The van der Waals surface area contributed by atoms with E-state index in [2.05, 4.69) is 5.32 Å². The lowest BCUT2D eigenvalue weighted by Gasteiger charge is -2.17. The summed E-state index contributed by atoms with van der Waals surface area (Å²) in [5.74, 6) is -0.413. The first-order valence-electron chi connectivity index (χ1n) is 4.85. The number of carbonyl (C=O) groups is 2. The van der Waals surface area contributed by atoms with Gasteiger partial charge in [-0.15, -0.1) is 0 Å². The molecular formula is C11H11ClN2O2. The van der Waals surface area contributed by atoms with Crippen LogP contribution in [0.5, 0.6) is 0 Å². The van der Waals surface area contributed by atoms with Crippen LogP contribution in [0.4, 0.5) is 5.69 Å². The van der Waals surface area contributed by atoms with E-state index in [9.17, 15) is 9.59 Å². The third-order valence-corrected chi connectivity index (χ3v) is 3.06. The molecule has 1 aromatic carbocycles. The molecule has 4 nitrogen and oxygen atoms in total. The molecule has 1 aromatic rings. The van der Waals surface area contributed by atoms with E-state index >= 15 is 0 Å². The Kier molecular flexibility index (Phi) is 2.59. The molecule has 0 spiro atoms. The maximum absolute atomic E-state index is 11.7. The zero-order chi connectivity index (χ0) is 11.9. The molecule has 0 fully saturated rings. The summed E-state index contributed by atoms with van der Waals surface area (Å²) in [6.45, 7) is 1.85. The highest BCUT2D eigenvalue weighted by atomic mass is 35.5. The monoisotopic (exact) mass is 238 g/mol. The highest BCUT2D eigenvalue weighted by Crippen LogP contribution is 2.28. The lowest BCUT2D eigenvalue weighted by Crippen LogP contribution is -2.33. The molecule has 0 saturated carbocycles. The molecule has 16 heavy (non-hydrogen) atoms. The average molecular weight is 239 g/mol. The number of hydrogen-bond acceptors (Lipinski definition) is 2. The fourth-order valence-corrected chi connectivity index (χ4v) is 1.79. The Morgan fingerprint density at radius 3 is 2.75 bits per heavy atom. The Morgan fingerprint density at radius 1 is 1.38 bits per heavy atom. The average Bonchev–Trinajstić information content (AvgIpc) is 2.35. The molecule has 5 heteroatoms. The summed E-state index contributed by atoms with van der Waals surface area (Å²) in [7, 11) is 1.65. The highest BCUT2D eigenvalue weighted by Gasteiger charge is 2.24. The van der Waals surface area contributed by atoms with Gasteiger partial charge in [0, 0.05) is 12.1 Å². The molecule has 0 bridgehead atoms. The second kappa shape index (κ2) is 3.79. The summed E-state index contributed by atoms with van der Waals surface area (Å²) in [5, 5.41) is 3.06. The van der Waals surface area contributed by atoms with Gasteiger partial charge in [-0.25, -0.2) is 0 Å². The molecule has 0 atom stereocenters. The van der Waals surface area contributed by atoms with Crippen molar-refractivity contribution in [2.45, 2.75) is 6.92 Å². The van der Waals surface area contributed by atoms with Gasteiger partial charge >= 0.3 is 0 Å². The zero-order valence-electron chi connectivity index (χ0n) is 9.00. The molecule has 1 heterocycles. The second-order valence-corrected chi connectivity index (χ2v) is 4.16. The number of nitrogens with one attached hydrogen (secondary N) is 1. The van der Waals surface area contributed by atoms with Crippen LogP contribution in [0.15, 0.2) is 12.1 Å². The number of hydrogen-bond donors (Lipinski definition) is 1. The van der Waals surface area contributed by atoms with E-state index in [1.807, 2.05) is 6.92 Å². The zero-order valence-corrected chi connectivity index (χ0v) is 9.76. The minimum atomic E-state index is -0.269. The fourth-order valence-electron chi connectivity index (χ4n) is 1.63. The van der Waals surface area contributed by atoms with Gasteiger partial charge in [-0.2, -0.15) is 0 Å². The minimum Gasteiger partial charge on any atom is -0.343 e. The SMILES string of the molecule is Cc1cc2c(cc1Cl)C(=O)NCC(=O)N2C. The van der Waals surface area contributed by atoms with Crippen LogP contribution >= 0.6 is 11.6 Å². The number of carbonyl (C=O) groups excluding carboxylic acids is 2. The number of rotatable bonds is 0. The smallest absolute Gasteiger partial charge is 0.253 e. The number of anilines is 1. The van der Waals surface area contributed by atoms with Crippen LogP contribution in [-0.2, 0) is 4.79 Å². The van der Waals surface area contributed by atoms with E-state index in [1.165, 1.54) is 4.90 Å². The van der Waals surface area contributed by atoms with Gasteiger partial charge < -0.3 is 10.2 Å². The van der Waals surface area contributed by atoms with Gasteiger partial charge in [-0.3, -0.25) is 9.59 Å². The first kappa shape index (κ1) is 11.0. The normalized spacial score (nSPS) is 15.6. The highest BCUT2D eigenvalue weighted by molar-refractivity contribution is 6.32. The standard InChI is InChI=1S/C11H11ClN2O2/c1-6-3-9-7(4-8(6)12)11(16)13-5-10(15)14(9)2/h3-4H,5H2,1-2H3,(H,13,16). The van der Waals surface area contributed by atoms with E-state index in [1.54, 1.807) is 19.2 Å². The van der Waals surface area contributed by atoms with E-state index in [4.69, 9.17) is 11.6 Å². The van der Waals surface area contributed by atoms with E-state index in [0.717, 1.165) is 5.56 Å². The Hall–Kier alpha value is -1.55. The van der Waals surface area contributed by atoms with E-state index in [0.29, 0.717) is 16.3 Å². The van der Waals surface area contributed by atoms with Crippen molar-refractivity contribution in [3.8, 4) is 0 Å². The summed E-state index contributed by atoms with van der Waals surface area (Å²) in [6, 6.07) is 3.34. The molecule has 0 radical (unpaired) electrons. The molecule has 2 amide bonds. The molecule has 1 N–H and O–H groups in total. The molecular weight excluding hydrogens is 228 g/mol. The van der Waals surface area contributed by atoms with Gasteiger partial charge in [0.15, 0.2) is 0 Å². The van der Waals surface area contributed by atoms with Crippen LogP contribution in [-0.4, -0.2) is 25.4 Å². The second-order valence-electron chi connectivity index (χ2n) is 3.75. The van der Waals surface area contributed by atoms with Crippen molar-refractivity contribution in [3.63, 3.8) is 0 Å². The van der Waals surface area contributed by atoms with Crippen molar-refractivity contribution in [2.75, 3.05) is 18.5 Å².